The molecule has 20 heavy (non-hydrogen) atoms. The second-order valence-corrected chi connectivity index (χ2v) is 5.42. The molecule has 2 atom stereocenters. The van der Waals surface area contributed by atoms with Crippen LogP contribution < -0.4 is 11.1 Å². The van der Waals surface area contributed by atoms with E-state index in [0.29, 0.717) is 12.5 Å². The van der Waals surface area contributed by atoms with Gasteiger partial charge in [-0.25, -0.2) is 4.79 Å². The first kappa shape index (κ1) is 14.9. The van der Waals surface area contributed by atoms with Gasteiger partial charge in [0.25, 0.3) is 0 Å². The number of hydrogen-bond donors (Lipinski definition) is 2. The standard InChI is InChI=1S/C16H24N2O2/c1-2-13-5-3-4-6-15(13)20-16(19)18-14-9-7-12(11-17)8-10-14/h7-10,13,15H,2-6,11,17H2,1H3,(H,18,19). The molecule has 1 aliphatic carbocycles. The van der Waals surface area contributed by atoms with Gasteiger partial charge in [-0.1, -0.05) is 25.5 Å². The average molecular weight is 276 g/mol. The Labute approximate surface area is 120 Å². The summed E-state index contributed by atoms with van der Waals surface area (Å²) in [5, 5.41) is 2.78. The van der Waals surface area contributed by atoms with Crippen molar-refractivity contribution in [2.75, 3.05) is 5.32 Å². The van der Waals surface area contributed by atoms with E-state index < -0.39 is 0 Å². The molecule has 2 rings (SSSR count). The summed E-state index contributed by atoms with van der Waals surface area (Å²) in [5.74, 6) is 0.508. The van der Waals surface area contributed by atoms with Crippen LogP contribution in [0.15, 0.2) is 24.3 Å². The number of hydrogen-bond acceptors (Lipinski definition) is 3. The predicted molar refractivity (Wildman–Crippen MR) is 80.5 cm³/mol. The van der Waals surface area contributed by atoms with Gasteiger partial charge in [0.1, 0.15) is 6.10 Å². The summed E-state index contributed by atoms with van der Waals surface area (Å²) in [5.41, 5.74) is 7.33. The zero-order chi connectivity index (χ0) is 14.4. The minimum atomic E-state index is -0.351. The molecule has 0 spiro atoms. The third kappa shape index (κ3) is 3.97. The molecule has 1 fully saturated rings. The van der Waals surface area contributed by atoms with Crippen LogP contribution in [0.25, 0.3) is 0 Å². The Hall–Kier alpha value is -1.55. The summed E-state index contributed by atoms with van der Waals surface area (Å²) >= 11 is 0. The van der Waals surface area contributed by atoms with Gasteiger partial charge in [-0.05, 0) is 49.3 Å². The SMILES string of the molecule is CCC1CCCCC1OC(=O)Nc1ccc(CN)cc1. The monoisotopic (exact) mass is 276 g/mol. The molecule has 0 saturated heterocycles. The number of ether oxygens (including phenoxy) is 1. The number of rotatable bonds is 4. The van der Waals surface area contributed by atoms with Gasteiger partial charge in [-0.15, -0.1) is 0 Å². The van der Waals surface area contributed by atoms with Crippen molar-refractivity contribution >= 4 is 11.8 Å². The summed E-state index contributed by atoms with van der Waals surface area (Å²) in [6.45, 7) is 2.67. The summed E-state index contributed by atoms with van der Waals surface area (Å²) in [6, 6.07) is 7.51. The largest absolute Gasteiger partial charge is 0.446 e. The molecule has 3 N–H and O–H groups in total. The molecule has 1 saturated carbocycles. The maximum Gasteiger partial charge on any atom is 0.411 e. The molecule has 0 radical (unpaired) electrons. The predicted octanol–water partition coefficient (Wildman–Crippen LogP) is 3.66. The van der Waals surface area contributed by atoms with Gasteiger partial charge < -0.3 is 10.5 Å². The van der Waals surface area contributed by atoms with Crippen molar-refractivity contribution in [3.63, 3.8) is 0 Å². The van der Waals surface area contributed by atoms with Crippen LogP contribution in [0.2, 0.25) is 0 Å². The second-order valence-electron chi connectivity index (χ2n) is 5.42. The van der Waals surface area contributed by atoms with Crippen LogP contribution >= 0.6 is 0 Å². The third-order valence-corrected chi connectivity index (χ3v) is 4.06. The molecule has 0 aromatic heterocycles. The van der Waals surface area contributed by atoms with E-state index in [1.54, 1.807) is 0 Å². The number of amides is 1. The summed E-state index contributed by atoms with van der Waals surface area (Å²) in [7, 11) is 0. The van der Waals surface area contributed by atoms with Crippen LogP contribution in [-0.4, -0.2) is 12.2 Å². The highest BCUT2D eigenvalue weighted by molar-refractivity contribution is 5.84. The molecule has 0 bridgehead atoms. The molecule has 4 heteroatoms. The molecule has 1 amide bonds. The van der Waals surface area contributed by atoms with E-state index in [4.69, 9.17) is 10.5 Å². The van der Waals surface area contributed by atoms with E-state index >= 15 is 0 Å². The van der Waals surface area contributed by atoms with Crippen LogP contribution in [0.5, 0.6) is 0 Å². The average Bonchev–Trinajstić information content (AvgIpc) is 2.48. The molecular weight excluding hydrogens is 252 g/mol. The minimum absolute atomic E-state index is 0.0667. The number of benzene rings is 1. The topological polar surface area (TPSA) is 64.3 Å². The Morgan fingerprint density at radius 3 is 2.65 bits per heavy atom. The molecule has 0 aliphatic heterocycles. The maximum absolute atomic E-state index is 11.9. The minimum Gasteiger partial charge on any atom is -0.446 e. The van der Waals surface area contributed by atoms with Gasteiger partial charge in [-0.2, -0.15) is 0 Å². The summed E-state index contributed by atoms with van der Waals surface area (Å²) in [6.07, 6.45) is 5.34. The molecule has 0 heterocycles. The fourth-order valence-corrected chi connectivity index (χ4v) is 2.80. The lowest BCUT2D eigenvalue weighted by Crippen LogP contribution is -2.31. The normalized spacial score (nSPS) is 22.3. The van der Waals surface area contributed by atoms with E-state index in [-0.39, 0.29) is 12.2 Å². The van der Waals surface area contributed by atoms with Gasteiger partial charge in [0.15, 0.2) is 0 Å². The number of anilines is 1. The number of nitrogens with one attached hydrogen (secondary N) is 1. The Morgan fingerprint density at radius 1 is 1.30 bits per heavy atom. The third-order valence-electron chi connectivity index (χ3n) is 4.06. The lowest BCUT2D eigenvalue weighted by Gasteiger charge is -2.30. The van der Waals surface area contributed by atoms with Gasteiger partial charge in [0, 0.05) is 12.2 Å². The zero-order valence-corrected chi connectivity index (χ0v) is 12.1. The Morgan fingerprint density at radius 2 is 2.00 bits per heavy atom. The van der Waals surface area contributed by atoms with E-state index in [9.17, 15) is 4.79 Å². The van der Waals surface area contributed by atoms with Crippen LogP contribution in [0.1, 0.15) is 44.6 Å². The zero-order valence-electron chi connectivity index (χ0n) is 12.1. The number of carbonyl (C=O) groups is 1. The smallest absolute Gasteiger partial charge is 0.411 e. The Kier molecular flexibility index (Phi) is 5.41. The lowest BCUT2D eigenvalue weighted by atomic mass is 9.85. The van der Waals surface area contributed by atoms with E-state index in [1.807, 2.05) is 24.3 Å². The van der Waals surface area contributed by atoms with Crippen molar-refractivity contribution in [1.29, 1.82) is 0 Å². The second kappa shape index (κ2) is 7.29. The lowest BCUT2D eigenvalue weighted by molar-refractivity contribution is 0.0443. The number of carbonyl (C=O) groups excluding carboxylic acids is 1. The highest BCUT2D eigenvalue weighted by Gasteiger charge is 2.26. The van der Waals surface area contributed by atoms with Crippen molar-refractivity contribution in [2.24, 2.45) is 11.7 Å². The number of nitrogens with two attached hydrogens (primary N) is 1. The van der Waals surface area contributed by atoms with Crippen LogP contribution in [-0.2, 0) is 11.3 Å². The summed E-state index contributed by atoms with van der Waals surface area (Å²) in [4.78, 5) is 11.9. The van der Waals surface area contributed by atoms with Crippen molar-refractivity contribution in [3.05, 3.63) is 29.8 Å². The molecular formula is C16H24N2O2. The molecule has 1 aliphatic rings. The first-order valence-corrected chi connectivity index (χ1v) is 7.49. The van der Waals surface area contributed by atoms with Crippen LogP contribution in [0.3, 0.4) is 0 Å². The Bertz CT molecular complexity index is 431. The fourth-order valence-electron chi connectivity index (χ4n) is 2.80. The molecule has 2 unspecified atom stereocenters. The van der Waals surface area contributed by atoms with Crippen LogP contribution in [0, 0.1) is 5.92 Å². The van der Waals surface area contributed by atoms with Crippen molar-refractivity contribution in [3.8, 4) is 0 Å². The Balaban J connectivity index is 1.87. The molecule has 110 valence electrons. The van der Waals surface area contributed by atoms with Gasteiger partial charge in [-0.3, -0.25) is 5.32 Å². The first-order valence-electron chi connectivity index (χ1n) is 7.49. The van der Waals surface area contributed by atoms with Gasteiger partial charge in [0.2, 0.25) is 0 Å². The van der Waals surface area contributed by atoms with E-state index in [2.05, 4.69) is 12.2 Å². The van der Waals surface area contributed by atoms with E-state index in [0.717, 1.165) is 30.5 Å². The van der Waals surface area contributed by atoms with Gasteiger partial charge in [0.05, 0.1) is 0 Å². The molecule has 1 aromatic carbocycles. The quantitative estimate of drug-likeness (QED) is 0.882. The van der Waals surface area contributed by atoms with Gasteiger partial charge >= 0.3 is 6.09 Å². The summed E-state index contributed by atoms with van der Waals surface area (Å²) < 4.78 is 5.58. The molecule has 4 nitrogen and oxygen atoms in total. The van der Waals surface area contributed by atoms with Crippen molar-refractivity contribution < 1.29 is 9.53 Å². The maximum atomic E-state index is 11.9. The highest BCUT2D eigenvalue weighted by Crippen LogP contribution is 2.29. The fraction of sp³-hybridized carbons (Fsp3) is 0.562. The van der Waals surface area contributed by atoms with Crippen molar-refractivity contribution in [2.45, 2.75) is 51.7 Å². The van der Waals surface area contributed by atoms with Crippen LogP contribution in [0.4, 0.5) is 10.5 Å². The van der Waals surface area contributed by atoms with E-state index in [1.165, 1.54) is 12.8 Å². The van der Waals surface area contributed by atoms with Crippen molar-refractivity contribution in [1.82, 2.24) is 0 Å². The first-order chi connectivity index (χ1) is 9.72. The highest BCUT2D eigenvalue weighted by atomic mass is 16.6. The molecule has 1 aromatic rings.